The van der Waals surface area contributed by atoms with Gasteiger partial charge in [-0.25, -0.2) is 9.78 Å². The highest BCUT2D eigenvalue weighted by Gasteiger charge is 2.19. The van der Waals surface area contributed by atoms with Gasteiger partial charge in [-0.15, -0.1) is 0 Å². The van der Waals surface area contributed by atoms with Gasteiger partial charge in [0.15, 0.2) is 5.65 Å². The van der Waals surface area contributed by atoms with Crippen molar-refractivity contribution in [2.75, 3.05) is 13.1 Å². The van der Waals surface area contributed by atoms with E-state index < -0.39 is 0 Å². The number of hydrogen-bond donors (Lipinski definition) is 2. The Bertz CT molecular complexity index is 556. The minimum Gasteiger partial charge on any atom is -0.317 e. The molecule has 86 valence electrons. The van der Waals surface area contributed by atoms with Gasteiger partial charge in [0, 0.05) is 13.7 Å². The van der Waals surface area contributed by atoms with Crippen molar-refractivity contribution in [3.05, 3.63) is 28.8 Å². The van der Waals surface area contributed by atoms with E-state index in [1.165, 1.54) is 0 Å². The third kappa shape index (κ3) is 1.44. The minimum atomic E-state index is -0.0411. The summed E-state index contributed by atoms with van der Waals surface area (Å²) in [6.07, 6.45) is 3.70. The van der Waals surface area contributed by atoms with E-state index in [0.717, 1.165) is 31.4 Å². The molecule has 3 rings (SSSR count). The molecule has 1 saturated heterocycles. The topological polar surface area (TPSA) is 62.7 Å². The summed E-state index contributed by atoms with van der Waals surface area (Å²) in [7, 11) is 0. The number of H-pyrrole nitrogens is 1. The lowest BCUT2D eigenvalue weighted by molar-refractivity contribution is 0.368. The number of piperidine rings is 1. The zero-order chi connectivity index (χ0) is 11.0. The van der Waals surface area contributed by atoms with Gasteiger partial charge in [0.25, 0.3) is 0 Å². The first kappa shape index (κ1) is 9.59. The maximum atomic E-state index is 11.9. The molecular weight excluding hydrogens is 204 g/mol. The first-order chi connectivity index (χ1) is 7.86. The Morgan fingerprint density at radius 2 is 2.25 bits per heavy atom. The highest BCUT2D eigenvalue weighted by molar-refractivity contribution is 5.70. The fraction of sp³-hybridized carbons (Fsp3) is 0.455. The summed E-state index contributed by atoms with van der Waals surface area (Å²) in [5.74, 6) is 0. The number of aromatic amines is 1. The lowest BCUT2D eigenvalue weighted by Crippen LogP contribution is -2.33. The normalized spacial score (nSPS) is 18.0. The summed E-state index contributed by atoms with van der Waals surface area (Å²) in [6, 6.07) is 4.11. The fourth-order valence-electron chi connectivity index (χ4n) is 2.39. The van der Waals surface area contributed by atoms with Crippen LogP contribution in [0.1, 0.15) is 20.3 Å². The van der Waals surface area contributed by atoms with E-state index in [4.69, 9.17) is 0 Å². The number of pyridine rings is 1. The Balaban J connectivity index is 0.00000108. The summed E-state index contributed by atoms with van der Waals surface area (Å²) in [5, 5.41) is 3.30. The van der Waals surface area contributed by atoms with Crippen LogP contribution >= 0.6 is 0 Å². The number of rotatable bonds is 1. The highest BCUT2D eigenvalue weighted by Crippen LogP contribution is 2.20. The van der Waals surface area contributed by atoms with Crippen molar-refractivity contribution in [2.24, 2.45) is 0 Å². The van der Waals surface area contributed by atoms with Crippen molar-refractivity contribution in [1.29, 1.82) is 0 Å². The van der Waals surface area contributed by atoms with Crippen molar-refractivity contribution in [2.45, 2.75) is 18.9 Å². The van der Waals surface area contributed by atoms with Crippen LogP contribution in [0.3, 0.4) is 0 Å². The van der Waals surface area contributed by atoms with Crippen LogP contribution in [0.15, 0.2) is 23.1 Å². The summed E-state index contributed by atoms with van der Waals surface area (Å²) in [5.41, 5.74) is 1.56. The van der Waals surface area contributed by atoms with Crippen molar-refractivity contribution < 1.29 is 1.43 Å². The molecule has 0 radical (unpaired) electrons. The Morgan fingerprint density at radius 1 is 1.44 bits per heavy atom. The number of aromatic nitrogens is 3. The molecule has 2 aromatic rings. The van der Waals surface area contributed by atoms with Gasteiger partial charge in [-0.1, -0.05) is 0 Å². The standard InChI is InChI=1S/C11H14N4O.H2/c16-11-14-10-9(2-1-5-13-10)15(11)8-3-6-12-7-4-8;/h1-2,5,8,12H,3-4,6-7H2,(H,13,14,16);1H. The molecule has 5 nitrogen and oxygen atoms in total. The molecule has 0 aromatic carbocycles. The van der Waals surface area contributed by atoms with Gasteiger partial charge in [-0.2, -0.15) is 0 Å². The fourth-order valence-corrected chi connectivity index (χ4v) is 2.39. The van der Waals surface area contributed by atoms with Crippen LogP contribution in [0.25, 0.3) is 11.2 Å². The molecule has 1 aliphatic heterocycles. The van der Waals surface area contributed by atoms with E-state index in [2.05, 4.69) is 15.3 Å². The van der Waals surface area contributed by atoms with Crippen molar-refractivity contribution in [3.8, 4) is 0 Å². The third-order valence-electron chi connectivity index (χ3n) is 3.16. The Hall–Kier alpha value is -1.62. The first-order valence-electron chi connectivity index (χ1n) is 5.62. The third-order valence-corrected chi connectivity index (χ3v) is 3.16. The highest BCUT2D eigenvalue weighted by atomic mass is 16.1. The van der Waals surface area contributed by atoms with Gasteiger partial charge >= 0.3 is 5.69 Å². The predicted molar refractivity (Wildman–Crippen MR) is 63.6 cm³/mol. The maximum Gasteiger partial charge on any atom is 0.327 e. The summed E-state index contributed by atoms with van der Waals surface area (Å²) in [6.45, 7) is 1.95. The first-order valence-corrected chi connectivity index (χ1v) is 5.62. The van der Waals surface area contributed by atoms with E-state index in [0.29, 0.717) is 11.7 Å². The second kappa shape index (κ2) is 3.75. The average molecular weight is 220 g/mol. The molecule has 0 saturated carbocycles. The van der Waals surface area contributed by atoms with Crippen LogP contribution in [0, 0.1) is 0 Å². The lowest BCUT2D eigenvalue weighted by Gasteiger charge is -2.23. The number of hydrogen-bond acceptors (Lipinski definition) is 3. The second-order valence-corrected chi connectivity index (χ2v) is 4.15. The molecular formula is C11H16N4O. The SMILES string of the molecule is O=c1[nH]c2ncccc2n1C1CCNCC1.[HH]. The molecule has 3 heterocycles. The van der Waals surface area contributed by atoms with Crippen LogP contribution < -0.4 is 11.0 Å². The molecule has 0 unspecified atom stereocenters. The molecule has 0 atom stereocenters. The largest absolute Gasteiger partial charge is 0.327 e. The molecule has 16 heavy (non-hydrogen) atoms. The molecule has 5 heteroatoms. The lowest BCUT2D eigenvalue weighted by atomic mass is 10.1. The van der Waals surface area contributed by atoms with Crippen LogP contribution in [0.4, 0.5) is 0 Å². The average Bonchev–Trinajstić information content (AvgIpc) is 2.66. The van der Waals surface area contributed by atoms with E-state index >= 15 is 0 Å². The number of fused-ring (bicyclic) bond motifs is 1. The van der Waals surface area contributed by atoms with Gasteiger partial charge in [-0.3, -0.25) is 9.55 Å². The molecule has 2 aromatic heterocycles. The number of imidazole rings is 1. The summed E-state index contributed by atoms with van der Waals surface area (Å²) in [4.78, 5) is 18.9. The van der Waals surface area contributed by atoms with E-state index in [1.54, 1.807) is 6.20 Å². The van der Waals surface area contributed by atoms with E-state index in [1.807, 2.05) is 16.7 Å². The summed E-state index contributed by atoms with van der Waals surface area (Å²) < 4.78 is 1.85. The molecule has 0 spiro atoms. The second-order valence-electron chi connectivity index (χ2n) is 4.15. The summed E-state index contributed by atoms with van der Waals surface area (Å²) >= 11 is 0. The van der Waals surface area contributed by atoms with Crippen LogP contribution in [0.2, 0.25) is 0 Å². The smallest absolute Gasteiger partial charge is 0.317 e. The number of nitrogens with one attached hydrogen (secondary N) is 2. The van der Waals surface area contributed by atoms with Gasteiger partial charge in [-0.05, 0) is 38.1 Å². The van der Waals surface area contributed by atoms with E-state index in [-0.39, 0.29) is 7.12 Å². The van der Waals surface area contributed by atoms with Crippen LogP contribution in [0.5, 0.6) is 0 Å². The van der Waals surface area contributed by atoms with Crippen LogP contribution in [-0.2, 0) is 0 Å². The minimum absolute atomic E-state index is 0. The predicted octanol–water partition coefficient (Wildman–Crippen LogP) is 0.895. The van der Waals surface area contributed by atoms with Gasteiger partial charge in [0.2, 0.25) is 0 Å². The quantitative estimate of drug-likeness (QED) is 0.750. The maximum absolute atomic E-state index is 11.9. The van der Waals surface area contributed by atoms with Crippen molar-refractivity contribution >= 4 is 11.2 Å². The van der Waals surface area contributed by atoms with Gasteiger partial charge < -0.3 is 5.32 Å². The van der Waals surface area contributed by atoms with Crippen molar-refractivity contribution in [1.82, 2.24) is 19.9 Å². The van der Waals surface area contributed by atoms with Crippen LogP contribution in [-0.4, -0.2) is 27.6 Å². The molecule has 1 fully saturated rings. The van der Waals surface area contributed by atoms with Gasteiger partial charge in [0.1, 0.15) is 0 Å². The molecule has 0 aliphatic carbocycles. The molecule has 0 bridgehead atoms. The number of nitrogens with zero attached hydrogens (tertiary/aromatic N) is 2. The zero-order valence-electron chi connectivity index (χ0n) is 8.94. The molecule has 1 aliphatic rings. The van der Waals surface area contributed by atoms with Crippen molar-refractivity contribution in [3.63, 3.8) is 0 Å². The monoisotopic (exact) mass is 220 g/mol. The Morgan fingerprint density at radius 3 is 3.06 bits per heavy atom. The molecule has 0 amide bonds. The Labute approximate surface area is 94.0 Å². The van der Waals surface area contributed by atoms with Gasteiger partial charge in [0.05, 0.1) is 5.52 Å². The van der Waals surface area contributed by atoms with E-state index in [9.17, 15) is 4.79 Å². The zero-order valence-corrected chi connectivity index (χ0v) is 8.94. The Kier molecular flexibility index (Phi) is 2.25. The molecule has 2 N–H and O–H groups in total.